The maximum absolute atomic E-state index is 12.3. The molecule has 20 heavy (non-hydrogen) atoms. The molecule has 2 rings (SSSR count). The van der Waals surface area contributed by atoms with Gasteiger partial charge in [-0.05, 0) is 47.0 Å². The topological polar surface area (TPSA) is 58.6 Å². The summed E-state index contributed by atoms with van der Waals surface area (Å²) in [5.41, 5.74) is -1.31. The maximum atomic E-state index is 12.3. The van der Waals surface area contributed by atoms with Crippen molar-refractivity contribution >= 4 is 11.7 Å². The molecule has 1 N–H and O–H groups in total. The lowest BCUT2D eigenvalue weighted by Gasteiger charge is -2.56. The Morgan fingerprint density at radius 1 is 1.15 bits per heavy atom. The van der Waals surface area contributed by atoms with E-state index in [4.69, 9.17) is 4.84 Å². The van der Waals surface area contributed by atoms with Crippen molar-refractivity contribution in [2.45, 2.75) is 76.9 Å². The minimum atomic E-state index is -0.712. The number of nitrogens with zero attached hydrogens (tertiary/aromatic N) is 1. The molecule has 2 fully saturated rings. The molecular formula is C15H26N2O3. The standard InChI is InChI=1S/C15H26N2O3/c1-6-7-20-17-13(2,3)9-15(10-14(17,4)5)11(18)8-12(19)16-15/h6-10H2,1-5H3,(H,16,19). The number of amides is 1. The summed E-state index contributed by atoms with van der Waals surface area (Å²) in [6, 6.07) is 0. The summed E-state index contributed by atoms with van der Waals surface area (Å²) in [6.45, 7) is 11.0. The summed E-state index contributed by atoms with van der Waals surface area (Å²) in [5, 5.41) is 4.96. The molecular weight excluding hydrogens is 256 g/mol. The molecule has 1 spiro atoms. The van der Waals surface area contributed by atoms with Crippen LogP contribution >= 0.6 is 0 Å². The van der Waals surface area contributed by atoms with Crippen LogP contribution in [0, 0.1) is 0 Å². The number of nitrogens with one attached hydrogen (secondary N) is 1. The first-order valence-corrected chi connectivity index (χ1v) is 7.41. The first-order chi connectivity index (χ1) is 9.13. The highest BCUT2D eigenvalue weighted by molar-refractivity contribution is 6.10. The number of piperidine rings is 1. The van der Waals surface area contributed by atoms with Gasteiger partial charge in [-0.2, -0.15) is 5.06 Å². The number of hydrogen-bond acceptors (Lipinski definition) is 4. The van der Waals surface area contributed by atoms with E-state index in [9.17, 15) is 9.59 Å². The largest absolute Gasteiger partial charge is 0.343 e. The van der Waals surface area contributed by atoms with Gasteiger partial charge >= 0.3 is 0 Å². The first-order valence-electron chi connectivity index (χ1n) is 7.41. The van der Waals surface area contributed by atoms with Crippen LogP contribution in [0.1, 0.15) is 60.3 Å². The van der Waals surface area contributed by atoms with Gasteiger partial charge in [0.15, 0.2) is 5.78 Å². The number of carbonyl (C=O) groups excluding carboxylic acids is 2. The third kappa shape index (κ3) is 2.49. The highest BCUT2D eigenvalue weighted by Crippen LogP contribution is 2.45. The van der Waals surface area contributed by atoms with Crippen molar-refractivity contribution in [3.8, 4) is 0 Å². The molecule has 114 valence electrons. The Hall–Kier alpha value is -0.940. The van der Waals surface area contributed by atoms with Gasteiger partial charge in [0.25, 0.3) is 0 Å². The molecule has 1 amide bonds. The van der Waals surface area contributed by atoms with Crippen LogP contribution in [-0.2, 0) is 14.4 Å². The quantitative estimate of drug-likeness (QED) is 0.802. The van der Waals surface area contributed by atoms with Crippen LogP contribution in [0.25, 0.3) is 0 Å². The smallest absolute Gasteiger partial charge is 0.228 e. The molecule has 0 unspecified atom stereocenters. The van der Waals surface area contributed by atoms with Gasteiger partial charge in [0, 0.05) is 11.1 Å². The van der Waals surface area contributed by atoms with Gasteiger partial charge in [0.05, 0.1) is 13.0 Å². The SMILES string of the molecule is CCCON1C(C)(C)CC2(CC1(C)C)NC(=O)CC2=O. The van der Waals surface area contributed by atoms with E-state index in [1.807, 2.05) is 5.06 Å². The number of Topliss-reactive ketones (excluding diaryl/α,β-unsaturated/α-hetero) is 1. The highest BCUT2D eigenvalue weighted by atomic mass is 16.7. The number of carbonyl (C=O) groups is 2. The zero-order chi connectivity index (χ0) is 15.2. The van der Waals surface area contributed by atoms with Gasteiger partial charge in [-0.3, -0.25) is 14.4 Å². The summed E-state index contributed by atoms with van der Waals surface area (Å²) in [5.74, 6) is -0.122. The fourth-order valence-electron chi connectivity index (χ4n) is 4.02. The highest BCUT2D eigenvalue weighted by Gasteiger charge is 2.59. The molecule has 0 atom stereocenters. The predicted molar refractivity (Wildman–Crippen MR) is 76.0 cm³/mol. The Bertz CT molecular complexity index is 411. The van der Waals surface area contributed by atoms with Crippen LogP contribution in [-0.4, -0.2) is 40.0 Å². The fourth-order valence-corrected chi connectivity index (χ4v) is 4.02. The Balaban J connectivity index is 2.30. The van der Waals surface area contributed by atoms with Crippen LogP contribution in [0.4, 0.5) is 0 Å². The first kappa shape index (κ1) is 15.4. The van der Waals surface area contributed by atoms with Crippen LogP contribution in [0.2, 0.25) is 0 Å². The molecule has 0 radical (unpaired) electrons. The number of rotatable bonds is 3. The van der Waals surface area contributed by atoms with E-state index < -0.39 is 5.54 Å². The lowest BCUT2D eigenvalue weighted by molar-refractivity contribution is -0.288. The van der Waals surface area contributed by atoms with Gasteiger partial charge in [0.2, 0.25) is 5.91 Å². The Morgan fingerprint density at radius 3 is 2.10 bits per heavy atom. The summed E-state index contributed by atoms with van der Waals surface area (Å²) in [4.78, 5) is 29.9. The molecule has 5 nitrogen and oxygen atoms in total. The van der Waals surface area contributed by atoms with Crippen LogP contribution in [0.5, 0.6) is 0 Å². The zero-order valence-electron chi connectivity index (χ0n) is 13.2. The summed E-state index contributed by atoms with van der Waals surface area (Å²) in [7, 11) is 0. The van der Waals surface area contributed by atoms with Gasteiger partial charge < -0.3 is 5.32 Å². The van der Waals surface area contributed by atoms with Gasteiger partial charge in [0.1, 0.15) is 5.54 Å². The van der Waals surface area contributed by atoms with Crippen LogP contribution in [0.15, 0.2) is 0 Å². The van der Waals surface area contributed by atoms with E-state index in [-0.39, 0.29) is 29.2 Å². The summed E-state index contributed by atoms with van der Waals surface area (Å²) >= 11 is 0. The second-order valence-electron chi connectivity index (χ2n) is 7.34. The molecule has 0 saturated carbocycles. The van der Waals surface area contributed by atoms with E-state index in [1.165, 1.54) is 0 Å². The Kier molecular flexibility index (Phi) is 3.71. The van der Waals surface area contributed by atoms with Gasteiger partial charge in [-0.1, -0.05) is 6.92 Å². The molecule has 0 aromatic carbocycles. The normalized spacial score (nSPS) is 27.9. The van der Waals surface area contributed by atoms with Crippen molar-refractivity contribution in [2.24, 2.45) is 0 Å². The summed E-state index contributed by atoms with van der Waals surface area (Å²) in [6.07, 6.45) is 2.15. The molecule has 2 aliphatic heterocycles. The van der Waals surface area contributed by atoms with Crippen molar-refractivity contribution in [1.82, 2.24) is 10.4 Å². The van der Waals surface area contributed by atoms with Crippen molar-refractivity contribution < 1.29 is 14.4 Å². The lowest BCUT2D eigenvalue weighted by atomic mass is 9.69. The fraction of sp³-hybridized carbons (Fsp3) is 0.867. The van der Waals surface area contributed by atoms with E-state index in [1.54, 1.807) is 0 Å². The zero-order valence-corrected chi connectivity index (χ0v) is 13.2. The maximum Gasteiger partial charge on any atom is 0.228 e. The molecule has 0 aliphatic carbocycles. The second-order valence-corrected chi connectivity index (χ2v) is 7.34. The number of hydroxylamine groups is 2. The van der Waals surface area contributed by atoms with Crippen LogP contribution in [0.3, 0.4) is 0 Å². The van der Waals surface area contributed by atoms with Crippen molar-refractivity contribution in [3.05, 3.63) is 0 Å². The lowest BCUT2D eigenvalue weighted by Crippen LogP contribution is -2.69. The van der Waals surface area contributed by atoms with E-state index in [0.717, 1.165) is 6.42 Å². The van der Waals surface area contributed by atoms with Crippen LogP contribution < -0.4 is 5.32 Å². The summed E-state index contributed by atoms with van der Waals surface area (Å²) < 4.78 is 0. The van der Waals surface area contributed by atoms with Crippen molar-refractivity contribution in [3.63, 3.8) is 0 Å². The third-order valence-corrected chi connectivity index (χ3v) is 4.23. The molecule has 2 heterocycles. The predicted octanol–water partition coefficient (Wildman–Crippen LogP) is 1.81. The minimum Gasteiger partial charge on any atom is -0.343 e. The molecule has 2 saturated heterocycles. The van der Waals surface area contributed by atoms with E-state index in [2.05, 4.69) is 39.9 Å². The number of ketones is 1. The minimum absolute atomic E-state index is 0.0159. The molecule has 0 bridgehead atoms. The average Bonchev–Trinajstić information content (AvgIpc) is 2.49. The van der Waals surface area contributed by atoms with Gasteiger partial charge in [-0.15, -0.1) is 0 Å². The monoisotopic (exact) mass is 282 g/mol. The Labute approximate surface area is 121 Å². The average molecular weight is 282 g/mol. The third-order valence-electron chi connectivity index (χ3n) is 4.23. The molecule has 2 aliphatic rings. The van der Waals surface area contributed by atoms with Crippen molar-refractivity contribution in [2.75, 3.05) is 6.61 Å². The van der Waals surface area contributed by atoms with Gasteiger partial charge in [-0.25, -0.2) is 0 Å². The molecule has 5 heteroatoms. The molecule has 0 aromatic rings. The van der Waals surface area contributed by atoms with E-state index >= 15 is 0 Å². The van der Waals surface area contributed by atoms with E-state index in [0.29, 0.717) is 19.4 Å². The van der Waals surface area contributed by atoms with Crippen molar-refractivity contribution in [1.29, 1.82) is 0 Å². The second kappa shape index (κ2) is 4.81. The molecule has 0 aromatic heterocycles. The number of hydrogen-bond donors (Lipinski definition) is 1. The Morgan fingerprint density at radius 2 is 1.70 bits per heavy atom.